The van der Waals surface area contributed by atoms with Crippen molar-refractivity contribution in [3.63, 3.8) is 0 Å². The van der Waals surface area contributed by atoms with E-state index >= 15 is 0 Å². The fraction of sp³-hybridized carbons (Fsp3) is 0.0833. The molecule has 2 rings (SSSR count). The second-order valence-electron chi connectivity index (χ2n) is 3.45. The highest BCUT2D eigenvalue weighted by atomic mass is 19.4. The summed E-state index contributed by atoms with van der Waals surface area (Å²) in [4.78, 5) is 3.55. The van der Waals surface area contributed by atoms with Gasteiger partial charge in [-0.1, -0.05) is 6.07 Å². The van der Waals surface area contributed by atoms with E-state index in [0.717, 1.165) is 6.07 Å². The first kappa shape index (κ1) is 12.2. The van der Waals surface area contributed by atoms with Gasteiger partial charge in [0.15, 0.2) is 0 Å². The number of halogens is 3. The van der Waals surface area contributed by atoms with Gasteiger partial charge in [-0.2, -0.15) is 13.2 Å². The second kappa shape index (κ2) is 4.56. The fourth-order valence-corrected chi connectivity index (χ4v) is 1.35. The van der Waals surface area contributed by atoms with E-state index in [1.165, 1.54) is 36.5 Å². The molecule has 0 fully saturated rings. The maximum atomic E-state index is 12.7. The summed E-state index contributed by atoms with van der Waals surface area (Å²) >= 11 is 0. The van der Waals surface area contributed by atoms with Crippen molar-refractivity contribution in [3.8, 4) is 17.4 Å². The molecule has 0 aliphatic carbocycles. The van der Waals surface area contributed by atoms with E-state index in [0.29, 0.717) is 0 Å². The Labute approximate surface area is 100 Å². The van der Waals surface area contributed by atoms with Crippen molar-refractivity contribution < 1.29 is 23.0 Å². The molecule has 0 aliphatic rings. The molecule has 0 amide bonds. The van der Waals surface area contributed by atoms with Crippen LogP contribution >= 0.6 is 0 Å². The van der Waals surface area contributed by atoms with Crippen LogP contribution in [0.1, 0.15) is 5.56 Å². The van der Waals surface area contributed by atoms with Crippen molar-refractivity contribution in [2.24, 2.45) is 0 Å². The van der Waals surface area contributed by atoms with Gasteiger partial charge < -0.3 is 9.84 Å². The minimum atomic E-state index is -4.54. The van der Waals surface area contributed by atoms with Crippen molar-refractivity contribution in [2.45, 2.75) is 6.18 Å². The summed E-state index contributed by atoms with van der Waals surface area (Å²) in [6.07, 6.45) is -3.34. The molecule has 18 heavy (non-hydrogen) atoms. The Hall–Kier alpha value is -2.24. The lowest BCUT2D eigenvalue weighted by Gasteiger charge is -2.12. The molecule has 0 aliphatic heterocycles. The molecule has 1 heterocycles. The summed E-state index contributed by atoms with van der Waals surface area (Å²) in [5.41, 5.74) is -0.964. The molecular formula is C12H8F3NO2. The molecule has 2 aromatic rings. The Kier molecular flexibility index (Phi) is 3.10. The molecule has 0 saturated heterocycles. The lowest BCUT2D eigenvalue weighted by Crippen LogP contribution is -2.08. The van der Waals surface area contributed by atoms with Crippen LogP contribution in [0.2, 0.25) is 0 Å². The van der Waals surface area contributed by atoms with Gasteiger partial charge >= 0.3 is 6.18 Å². The zero-order valence-electron chi connectivity index (χ0n) is 8.98. The Bertz CT molecular complexity index is 555. The van der Waals surface area contributed by atoms with Gasteiger partial charge in [0.05, 0.1) is 0 Å². The molecule has 0 atom stereocenters. The monoisotopic (exact) mass is 255 g/mol. The minimum absolute atomic E-state index is 0.0826. The number of alkyl halides is 3. The van der Waals surface area contributed by atoms with Crippen LogP contribution in [0.3, 0.4) is 0 Å². The summed E-state index contributed by atoms with van der Waals surface area (Å²) in [7, 11) is 0. The number of aromatic nitrogens is 1. The van der Waals surface area contributed by atoms with Crippen molar-refractivity contribution in [1.29, 1.82) is 0 Å². The number of phenols is 1. The minimum Gasteiger partial charge on any atom is -0.508 e. The average Bonchev–Trinajstić information content (AvgIpc) is 2.28. The lowest BCUT2D eigenvalue weighted by atomic mass is 10.2. The van der Waals surface area contributed by atoms with E-state index in [4.69, 9.17) is 4.74 Å². The topological polar surface area (TPSA) is 42.4 Å². The van der Waals surface area contributed by atoms with Crippen molar-refractivity contribution in [2.75, 3.05) is 0 Å². The van der Waals surface area contributed by atoms with Crippen LogP contribution in [0.5, 0.6) is 17.4 Å². The molecule has 0 bridgehead atoms. The fourth-order valence-electron chi connectivity index (χ4n) is 1.35. The standard InChI is InChI=1S/C12H8F3NO2/c13-12(14,15)10-5-2-6-16-11(10)18-9-4-1-3-8(17)7-9/h1-7,17H. The number of pyridine rings is 1. The Morgan fingerprint density at radius 1 is 1.11 bits per heavy atom. The predicted octanol–water partition coefficient (Wildman–Crippen LogP) is 3.60. The third-order valence-corrected chi connectivity index (χ3v) is 2.11. The SMILES string of the molecule is Oc1cccc(Oc2ncccc2C(F)(F)F)c1. The van der Waals surface area contributed by atoms with E-state index in [-0.39, 0.29) is 11.5 Å². The number of benzene rings is 1. The molecule has 94 valence electrons. The first-order valence-corrected chi connectivity index (χ1v) is 4.96. The second-order valence-corrected chi connectivity index (χ2v) is 3.45. The molecule has 1 aromatic carbocycles. The van der Waals surface area contributed by atoms with Crippen molar-refractivity contribution >= 4 is 0 Å². The van der Waals surface area contributed by atoms with Crippen LogP contribution in [0.25, 0.3) is 0 Å². The Balaban J connectivity index is 2.35. The van der Waals surface area contributed by atoms with Gasteiger partial charge in [0.25, 0.3) is 0 Å². The largest absolute Gasteiger partial charge is 0.508 e. The Morgan fingerprint density at radius 3 is 2.56 bits per heavy atom. The van der Waals surface area contributed by atoms with Crippen molar-refractivity contribution in [1.82, 2.24) is 4.98 Å². The van der Waals surface area contributed by atoms with Crippen LogP contribution in [0.15, 0.2) is 42.6 Å². The van der Waals surface area contributed by atoms with Gasteiger partial charge in [-0.05, 0) is 24.3 Å². The van der Waals surface area contributed by atoms with Gasteiger partial charge in [-0.25, -0.2) is 4.98 Å². The number of ether oxygens (including phenoxy) is 1. The normalized spacial score (nSPS) is 11.3. The smallest absolute Gasteiger partial charge is 0.421 e. The predicted molar refractivity (Wildman–Crippen MR) is 57.4 cm³/mol. The molecule has 0 saturated carbocycles. The van der Waals surface area contributed by atoms with E-state index in [2.05, 4.69) is 4.98 Å². The molecule has 1 aromatic heterocycles. The summed E-state index contributed by atoms with van der Waals surface area (Å²) in [5.74, 6) is -0.563. The summed E-state index contributed by atoms with van der Waals surface area (Å²) in [6.45, 7) is 0. The first-order chi connectivity index (χ1) is 8.47. The molecule has 3 nitrogen and oxygen atoms in total. The maximum Gasteiger partial charge on any atom is 0.421 e. The average molecular weight is 255 g/mol. The van der Waals surface area contributed by atoms with Crippen LogP contribution in [-0.2, 0) is 6.18 Å². The highest BCUT2D eigenvalue weighted by Gasteiger charge is 2.35. The van der Waals surface area contributed by atoms with Crippen LogP contribution < -0.4 is 4.74 Å². The van der Waals surface area contributed by atoms with Crippen LogP contribution in [0, 0.1) is 0 Å². The van der Waals surface area contributed by atoms with Crippen LogP contribution in [-0.4, -0.2) is 10.1 Å². The van der Waals surface area contributed by atoms with E-state index in [1.54, 1.807) is 0 Å². The number of nitrogens with zero attached hydrogens (tertiary/aromatic N) is 1. The quantitative estimate of drug-likeness (QED) is 0.891. The van der Waals surface area contributed by atoms with Gasteiger partial charge in [0, 0.05) is 12.3 Å². The van der Waals surface area contributed by atoms with E-state index in [9.17, 15) is 18.3 Å². The molecule has 0 unspecified atom stereocenters. The van der Waals surface area contributed by atoms with Gasteiger partial charge in [0.2, 0.25) is 5.88 Å². The summed E-state index contributed by atoms with van der Waals surface area (Å²) < 4.78 is 43.0. The number of rotatable bonds is 2. The van der Waals surface area contributed by atoms with E-state index in [1.807, 2.05) is 0 Å². The molecule has 0 radical (unpaired) electrons. The molecule has 1 N–H and O–H groups in total. The zero-order valence-corrected chi connectivity index (χ0v) is 8.98. The first-order valence-electron chi connectivity index (χ1n) is 4.96. The highest BCUT2D eigenvalue weighted by Crippen LogP contribution is 2.36. The third-order valence-electron chi connectivity index (χ3n) is 2.11. The van der Waals surface area contributed by atoms with Gasteiger partial charge in [-0.15, -0.1) is 0 Å². The van der Waals surface area contributed by atoms with E-state index < -0.39 is 17.6 Å². The van der Waals surface area contributed by atoms with Gasteiger partial charge in [-0.3, -0.25) is 0 Å². The maximum absolute atomic E-state index is 12.7. The van der Waals surface area contributed by atoms with Gasteiger partial charge in [0.1, 0.15) is 17.1 Å². The zero-order chi connectivity index (χ0) is 13.2. The number of phenolic OH excluding ortho intramolecular Hbond substituents is 1. The summed E-state index contributed by atoms with van der Waals surface area (Å²) in [5, 5.41) is 9.20. The lowest BCUT2D eigenvalue weighted by molar-refractivity contribution is -0.138. The summed E-state index contributed by atoms with van der Waals surface area (Å²) in [6, 6.07) is 7.53. The third kappa shape index (κ3) is 2.71. The Morgan fingerprint density at radius 2 is 1.89 bits per heavy atom. The molecular weight excluding hydrogens is 247 g/mol. The number of hydrogen-bond acceptors (Lipinski definition) is 3. The highest BCUT2D eigenvalue weighted by molar-refractivity contribution is 5.37. The van der Waals surface area contributed by atoms with Crippen LogP contribution in [0.4, 0.5) is 13.2 Å². The molecule has 0 spiro atoms. The number of aromatic hydroxyl groups is 1. The van der Waals surface area contributed by atoms with Crippen molar-refractivity contribution in [3.05, 3.63) is 48.2 Å². The molecule has 6 heteroatoms. The number of hydrogen-bond donors (Lipinski definition) is 1.